The number of benzene rings is 4. The van der Waals surface area contributed by atoms with Gasteiger partial charge in [-0.15, -0.1) is 0 Å². The lowest BCUT2D eigenvalue weighted by Gasteiger charge is -2.10. The second-order valence-corrected chi connectivity index (χ2v) is 10.2. The van der Waals surface area contributed by atoms with Gasteiger partial charge >= 0.3 is 0 Å². The summed E-state index contributed by atoms with van der Waals surface area (Å²) in [5.74, 6) is 3.24. The summed E-state index contributed by atoms with van der Waals surface area (Å²) in [5, 5.41) is 0. The molecule has 5 nitrogen and oxygen atoms in total. The van der Waals surface area contributed by atoms with Gasteiger partial charge in [0.25, 0.3) is 0 Å². The van der Waals surface area contributed by atoms with Crippen molar-refractivity contribution in [2.75, 3.05) is 26.4 Å². The Kier molecular flexibility index (Phi) is 12.5. The molecule has 0 saturated heterocycles. The molecule has 0 saturated carbocycles. The van der Waals surface area contributed by atoms with Gasteiger partial charge in [0.2, 0.25) is 0 Å². The highest BCUT2D eigenvalue weighted by atomic mass is 16.5. The number of unbranched alkanes of at least 4 members (excludes halogenated alkanes) is 3. The first kappa shape index (κ1) is 31.2. The van der Waals surface area contributed by atoms with E-state index in [0.29, 0.717) is 25.4 Å². The Balaban J connectivity index is 1.03. The number of carbonyl (C=O) groups is 1. The minimum Gasteiger partial charge on any atom is -0.494 e. The normalized spacial score (nSPS) is 10.8. The van der Waals surface area contributed by atoms with E-state index in [4.69, 9.17) is 18.9 Å². The second kappa shape index (κ2) is 17.2. The summed E-state index contributed by atoms with van der Waals surface area (Å²) in [7, 11) is 0. The minimum absolute atomic E-state index is 0.0207. The van der Waals surface area contributed by atoms with E-state index in [0.717, 1.165) is 72.0 Å². The average molecular weight is 577 g/mol. The molecule has 0 radical (unpaired) electrons. The fraction of sp³-hybridized carbons (Fsp3) is 0.237. The second-order valence-electron chi connectivity index (χ2n) is 10.2. The van der Waals surface area contributed by atoms with Crippen LogP contribution in [0.25, 0.3) is 11.6 Å². The van der Waals surface area contributed by atoms with Gasteiger partial charge in [-0.3, -0.25) is 4.79 Å². The summed E-state index contributed by atoms with van der Waals surface area (Å²) in [6.07, 6.45) is 7.63. The zero-order valence-electron chi connectivity index (χ0n) is 24.9. The Labute approximate surface area is 255 Å². The van der Waals surface area contributed by atoms with Crippen molar-refractivity contribution in [3.8, 4) is 23.0 Å². The van der Waals surface area contributed by atoms with Crippen LogP contribution in [0.5, 0.6) is 23.0 Å². The summed E-state index contributed by atoms with van der Waals surface area (Å²) in [5.41, 5.74) is 3.81. The molecule has 0 N–H and O–H groups in total. The number of ketones is 1. The zero-order valence-corrected chi connectivity index (χ0v) is 24.9. The number of hydrogen-bond donors (Lipinski definition) is 0. The molecule has 4 rings (SSSR count). The molecule has 0 heterocycles. The summed E-state index contributed by atoms with van der Waals surface area (Å²) < 4.78 is 23.3. The van der Waals surface area contributed by atoms with Gasteiger partial charge in [0.1, 0.15) is 36.2 Å². The van der Waals surface area contributed by atoms with E-state index in [2.05, 4.69) is 6.58 Å². The Morgan fingerprint density at radius 1 is 0.558 bits per heavy atom. The molecule has 0 spiro atoms. The molecule has 0 aliphatic carbocycles. The molecule has 0 aliphatic heterocycles. The van der Waals surface area contributed by atoms with Gasteiger partial charge in [0.05, 0.1) is 13.2 Å². The first-order chi connectivity index (χ1) is 21.1. The van der Waals surface area contributed by atoms with Gasteiger partial charge in [-0.25, -0.2) is 0 Å². The molecule has 4 aromatic carbocycles. The maximum absolute atomic E-state index is 12.2. The smallest absolute Gasteiger partial charge is 0.185 e. The highest BCUT2D eigenvalue weighted by Gasteiger charge is 2.02. The van der Waals surface area contributed by atoms with Crippen LogP contribution in [-0.2, 0) is 0 Å². The van der Waals surface area contributed by atoms with Crippen molar-refractivity contribution >= 4 is 17.4 Å². The van der Waals surface area contributed by atoms with E-state index in [1.54, 1.807) is 12.2 Å². The van der Waals surface area contributed by atoms with Crippen LogP contribution in [0, 0.1) is 0 Å². The molecular weight excluding hydrogens is 536 g/mol. The third-order valence-electron chi connectivity index (χ3n) is 6.73. The van der Waals surface area contributed by atoms with Crippen LogP contribution in [0.3, 0.4) is 0 Å². The van der Waals surface area contributed by atoms with E-state index in [1.807, 2.05) is 110 Å². The molecule has 0 aliphatic rings. The predicted molar refractivity (Wildman–Crippen MR) is 174 cm³/mol. The molecule has 0 fully saturated rings. The van der Waals surface area contributed by atoms with Gasteiger partial charge < -0.3 is 18.9 Å². The number of ether oxygens (including phenoxy) is 4. The maximum Gasteiger partial charge on any atom is 0.185 e. The summed E-state index contributed by atoms with van der Waals surface area (Å²) in [6.45, 7) is 8.23. The molecular formula is C38H40O5. The fourth-order valence-corrected chi connectivity index (χ4v) is 4.27. The highest BCUT2D eigenvalue weighted by molar-refractivity contribution is 6.06. The molecule has 0 aromatic heterocycles. The molecule has 5 heteroatoms. The van der Waals surface area contributed by atoms with Crippen molar-refractivity contribution in [3.63, 3.8) is 0 Å². The number of carbonyl (C=O) groups excluding carboxylic acids is 1. The van der Waals surface area contributed by atoms with E-state index < -0.39 is 0 Å². The number of hydrogen-bond acceptors (Lipinski definition) is 5. The van der Waals surface area contributed by atoms with Gasteiger partial charge in [0, 0.05) is 5.56 Å². The van der Waals surface area contributed by atoms with Crippen LogP contribution in [0.15, 0.2) is 116 Å². The van der Waals surface area contributed by atoms with E-state index in [-0.39, 0.29) is 5.78 Å². The third-order valence-corrected chi connectivity index (χ3v) is 6.73. The summed E-state index contributed by atoms with van der Waals surface area (Å²) in [4.78, 5) is 12.2. The zero-order chi connectivity index (χ0) is 30.1. The third kappa shape index (κ3) is 11.2. The molecule has 4 aromatic rings. The Morgan fingerprint density at radius 3 is 1.49 bits per heavy atom. The van der Waals surface area contributed by atoms with Crippen LogP contribution >= 0.6 is 0 Å². The summed E-state index contributed by atoms with van der Waals surface area (Å²) in [6, 6.07) is 32.6. The van der Waals surface area contributed by atoms with Gasteiger partial charge in [0.15, 0.2) is 5.78 Å². The molecule has 0 unspecified atom stereocenters. The topological polar surface area (TPSA) is 54.0 Å². The van der Waals surface area contributed by atoms with Gasteiger partial charge in [-0.1, -0.05) is 72.8 Å². The van der Waals surface area contributed by atoms with E-state index in [1.165, 1.54) is 0 Å². The van der Waals surface area contributed by atoms with Crippen molar-refractivity contribution in [2.24, 2.45) is 0 Å². The molecule has 222 valence electrons. The van der Waals surface area contributed by atoms with Crippen molar-refractivity contribution in [1.29, 1.82) is 0 Å². The van der Waals surface area contributed by atoms with Crippen LogP contribution < -0.4 is 18.9 Å². The predicted octanol–water partition coefficient (Wildman–Crippen LogP) is 9.09. The van der Waals surface area contributed by atoms with E-state index in [9.17, 15) is 4.79 Å². The summed E-state index contributed by atoms with van der Waals surface area (Å²) >= 11 is 0. The fourth-order valence-electron chi connectivity index (χ4n) is 4.27. The molecule has 0 atom stereocenters. The van der Waals surface area contributed by atoms with Crippen molar-refractivity contribution in [3.05, 3.63) is 132 Å². The van der Waals surface area contributed by atoms with Crippen LogP contribution in [-0.4, -0.2) is 32.2 Å². The Bertz CT molecular complexity index is 1420. The minimum atomic E-state index is -0.0207. The number of rotatable bonds is 18. The van der Waals surface area contributed by atoms with Crippen LogP contribution in [0.4, 0.5) is 0 Å². The highest BCUT2D eigenvalue weighted by Crippen LogP contribution is 2.20. The lowest BCUT2D eigenvalue weighted by atomic mass is 10.1. The molecule has 43 heavy (non-hydrogen) atoms. The van der Waals surface area contributed by atoms with Crippen molar-refractivity contribution in [1.82, 2.24) is 0 Å². The van der Waals surface area contributed by atoms with E-state index >= 15 is 0 Å². The van der Waals surface area contributed by atoms with Crippen molar-refractivity contribution in [2.45, 2.75) is 32.6 Å². The monoisotopic (exact) mass is 576 g/mol. The Morgan fingerprint density at radius 2 is 1.00 bits per heavy atom. The van der Waals surface area contributed by atoms with Crippen molar-refractivity contribution < 1.29 is 23.7 Å². The molecule has 0 amide bonds. The lowest BCUT2D eigenvalue weighted by Crippen LogP contribution is -2.09. The standard InChI is InChI=1S/C38H40O5/c1-30(2)32-15-19-35(20-16-32)40-26-8-3-4-9-27-41-36-21-23-37(24-22-36)43-29-28-42-34-17-12-31(13-18-34)14-25-38(39)33-10-6-5-7-11-33/h5-7,10-25H,1,3-4,8-9,26-29H2,2H3. The maximum atomic E-state index is 12.2. The SMILES string of the molecule is C=C(C)c1ccc(OCCCCCCOc2ccc(OCCOc3ccc(C=CC(=O)c4ccccc4)cc3)cc2)cc1. The lowest BCUT2D eigenvalue weighted by molar-refractivity contribution is 0.104. The molecule has 0 bridgehead atoms. The van der Waals surface area contributed by atoms with Crippen LogP contribution in [0.2, 0.25) is 0 Å². The van der Waals surface area contributed by atoms with Crippen LogP contribution in [0.1, 0.15) is 54.1 Å². The first-order valence-corrected chi connectivity index (χ1v) is 14.8. The average Bonchev–Trinajstić information content (AvgIpc) is 3.05. The number of allylic oxidation sites excluding steroid dienone is 2. The quantitative estimate of drug-likeness (QED) is 0.0672. The largest absolute Gasteiger partial charge is 0.494 e. The van der Waals surface area contributed by atoms with Gasteiger partial charge in [-0.05, 0) is 98.3 Å². The van der Waals surface area contributed by atoms with Gasteiger partial charge in [-0.2, -0.15) is 0 Å². The first-order valence-electron chi connectivity index (χ1n) is 14.8. The Hall–Kier alpha value is -4.77.